The number of nitriles is 2. The van der Waals surface area contributed by atoms with Crippen LogP contribution < -0.4 is 5.32 Å². The van der Waals surface area contributed by atoms with E-state index in [1.54, 1.807) is 12.1 Å². The van der Waals surface area contributed by atoms with E-state index < -0.39 is 18.2 Å². The Morgan fingerprint density at radius 1 is 0.971 bits per heavy atom. The number of carbonyl (C=O) groups is 2. The van der Waals surface area contributed by atoms with Gasteiger partial charge in [-0.2, -0.15) is 23.7 Å². The van der Waals surface area contributed by atoms with Gasteiger partial charge in [0.25, 0.3) is 0 Å². The van der Waals surface area contributed by atoms with E-state index in [0.717, 1.165) is 42.4 Å². The molecule has 0 spiro atoms. The van der Waals surface area contributed by atoms with Crippen LogP contribution in [-0.2, 0) is 16.0 Å². The maximum absolute atomic E-state index is 12.4. The molecule has 34 heavy (non-hydrogen) atoms. The second-order valence-electron chi connectivity index (χ2n) is 7.92. The van der Waals surface area contributed by atoms with E-state index in [1.165, 1.54) is 6.42 Å². The Balaban J connectivity index is 0.000000509. The molecule has 0 saturated heterocycles. The average Bonchev–Trinajstić information content (AvgIpc) is 2.84. The van der Waals surface area contributed by atoms with Crippen LogP contribution >= 0.6 is 0 Å². The number of benzene rings is 2. The number of nitrogens with one attached hydrogen (secondary N) is 1. The first kappa shape index (κ1) is 26.4. The number of halogens is 3. The molecule has 1 fully saturated rings. The smallest absolute Gasteiger partial charge is 0.475 e. The Morgan fingerprint density at radius 3 is 1.91 bits per heavy atom. The summed E-state index contributed by atoms with van der Waals surface area (Å²) in [6, 6.07) is 19.3. The zero-order chi connectivity index (χ0) is 25.1. The van der Waals surface area contributed by atoms with Crippen molar-refractivity contribution >= 4 is 11.9 Å². The molecule has 9 heteroatoms. The molecule has 0 bridgehead atoms. The van der Waals surface area contributed by atoms with Gasteiger partial charge in [0.15, 0.2) is 0 Å². The summed E-state index contributed by atoms with van der Waals surface area (Å²) in [5, 5.41) is 28.3. The Bertz CT molecular complexity index is 1050. The third-order valence-electron chi connectivity index (χ3n) is 5.43. The zero-order valence-corrected chi connectivity index (χ0v) is 18.3. The van der Waals surface area contributed by atoms with Gasteiger partial charge in [-0.1, -0.05) is 55.7 Å². The molecule has 0 aliphatic heterocycles. The number of amides is 1. The first-order chi connectivity index (χ1) is 16.1. The van der Waals surface area contributed by atoms with Crippen molar-refractivity contribution in [3.8, 4) is 23.3 Å². The Kier molecular flexibility index (Phi) is 9.63. The van der Waals surface area contributed by atoms with Gasteiger partial charge in [-0.3, -0.25) is 4.79 Å². The van der Waals surface area contributed by atoms with Crippen LogP contribution in [0.25, 0.3) is 11.1 Å². The fourth-order valence-electron chi connectivity index (χ4n) is 3.59. The summed E-state index contributed by atoms with van der Waals surface area (Å²) >= 11 is 0. The molecular weight excluding hydrogens is 447 g/mol. The van der Waals surface area contributed by atoms with Crippen molar-refractivity contribution < 1.29 is 27.9 Å². The predicted molar refractivity (Wildman–Crippen MR) is 118 cm³/mol. The van der Waals surface area contributed by atoms with Crippen LogP contribution in [0.2, 0.25) is 0 Å². The third-order valence-corrected chi connectivity index (χ3v) is 5.43. The van der Waals surface area contributed by atoms with E-state index in [1.807, 2.05) is 36.4 Å². The number of aliphatic carboxylic acids is 1. The average molecular weight is 471 g/mol. The summed E-state index contributed by atoms with van der Waals surface area (Å²) < 4.78 is 31.7. The maximum atomic E-state index is 12.4. The summed E-state index contributed by atoms with van der Waals surface area (Å²) in [6.45, 7) is 0. The van der Waals surface area contributed by atoms with Crippen LogP contribution in [0.15, 0.2) is 48.5 Å². The molecule has 1 aliphatic carbocycles. The quantitative estimate of drug-likeness (QED) is 0.638. The number of carboxylic acids is 1. The van der Waals surface area contributed by atoms with Gasteiger partial charge >= 0.3 is 12.1 Å². The molecule has 6 nitrogen and oxygen atoms in total. The summed E-state index contributed by atoms with van der Waals surface area (Å²) in [7, 11) is 0. The van der Waals surface area contributed by atoms with Gasteiger partial charge in [0, 0.05) is 12.3 Å². The highest BCUT2D eigenvalue weighted by Gasteiger charge is 2.38. The summed E-state index contributed by atoms with van der Waals surface area (Å²) in [4.78, 5) is 21.3. The van der Waals surface area contributed by atoms with Gasteiger partial charge < -0.3 is 10.4 Å². The second-order valence-corrected chi connectivity index (χ2v) is 7.92. The second kappa shape index (κ2) is 12.4. The summed E-state index contributed by atoms with van der Waals surface area (Å²) in [5.41, 5.74) is 3.76. The highest BCUT2D eigenvalue weighted by molar-refractivity contribution is 5.79. The highest BCUT2D eigenvalue weighted by atomic mass is 19.4. The molecule has 1 saturated carbocycles. The van der Waals surface area contributed by atoms with Gasteiger partial charge in [-0.25, -0.2) is 4.79 Å². The van der Waals surface area contributed by atoms with Crippen LogP contribution in [-0.4, -0.2) is 29.2 Å². The molecule has 2 aromatic rings. The van der Waals surface area contributed by atoms with Crippen molar-refractivity contribution in [2.24, 2.45) is 5.92 Å². The molecule has 1 atom stereocenters. The van der Waals surface area contributed by atoms with E-state index in [9.17, 15) is 23.2 Å². The number of alkyl halides is 3. The standard InChI is InChI=1S/C23H23N3O.C2HF3O2/c24-15-18-8-12-20(13-9-18)19-10-6-17(7-11-19)14-22(16-25)26-23(27)21-4-2-1-3-5-21;3-2(4,5)1(6)7/h6-13,21-22H,1-5,14H2,(H,26,27);(H,6,7). The van der Waals surface area contributed by atoms with Gasteiger partial charge in [0.1, 0.15) is 6.04 Å². The van der Waals surface area contributed by atoms with Crippen LogP contribution in [0.3, 0.4) is 0 Å². The van der Waals surface area contributed by atoms with Crippen molar-refractivity contribution in [1.82, 2.24) is 5.32 Å². The van der Waals surface area contributed by atoms with Crippen molar-refractivity contribution in [2.75, 3.05) is 0 Å². The Morgan fingerprint density at radius 2 is 1.47 bits per heavy atom. The molecule has 1 amide bonds. The van der Waals surface area contributed by atoms with Crippen molar-refractivity contribution in [1.29, 1.82) is 10.5 Å². The molecule has 0 heterocycles. The van der Waals surface area contributed by atoms with Gasteiger partial charge in [0.05, 0.1) is 17.7 Å². The van der Waals surface area contributed by atoms with Crippen molar-refractivity contribution in [3.63, 3.8) is 0 Å². The van der Waals surface area contributed by atoms with E-state index in [-0.39, 0.29) is 11.8 Å². The largest absolute Gasteiger partial charge is 0.490 e. The number of carboxylic acid groups (broad SMARTS) is 1. The van der Waals surface area contributed by atoms with Gasteiger partial charge in [-0.15, -0.1) is 0 Å². The molecule has 0 aromatic heterocycles. The van der Waals surface area contributed by atoms with Gasteiger partial charge in [0.2, 0.25) is 5.91 Å². The number of hydrogen-bond acceptors (Lipinski definition) is 4. The lowest BCUT2D eigenvalue weighted by Crippen LogP contribution is -2.40. The fourth-order valence-corrected chi connectivity index (χ4v) is 3.59. The zero-order valence-electron chi connectivity index (χ0n) is 18.3. The Hall–Kier alpha value is -3.85. The van der Waals surface area contributed by atoms with E-state index >= 15 is 0 Å². The van der Waals surface area contributed by atoms with E-state index in [2.05, 4.69) is 17.5 Å². The van der Waals surface area contributed by atoms with E-state index in [4.69, 9.17) is 15.2 Å². The van der Waals surface area contributed by atoms with Gasteiger partial charge in [-0.05, 0) is 41.7 Å². The minimum atomic E-state index is -5.08. The number of nitrogens with zero attached hydrogens (tertiary/aromatic N) is 2. The SMILES string of the molecule is N#Cc1ccc(-c2ccc(CC(C#N)NC(=O)C3CCCCC3)cc2)cc1.O=C(O)C(F)(F)F. The van der Waals surface area contributed by atoms with Crippen molar-refractivity contribution in [3.05, 3.63) is 59.7 Å². The number of carbonyl (C=O) groups excluding carboxylic acids is 1. The summed E-state index contributed by atoms with van der Waals surface area (Å²) in [6.07, 6.45) is 0.699. The lowest BCUT2D eigenvalue weighted by Gasteiger charge is -2.22. The molecule has 2 N–H and O–H groups in total. The molecule has 178 valence electrons. The normalized spacial score (nSPS) is 14.5. The molecule has 1 unspecified atom stereocenters. The lowest BCUT2D eigenvalue weighted by atomic mass is 9.88. The first-order valence-corrected chi connectivity index (χ1v) is 10.7. The first-order valence-electron chi connectivity index (χ1n) is 10.7. The predicted octanol–water partition coefficient (Wildman–Crippen LogP) is 4.99. The fraction of sp³-hybridized carbons (Fsp3) is 0.360. The minimum Gasteiger partial charge on any atom is -0.475 e. The third kappa shape index (κ3) is 8.25. The van der Waals surface area contributed by atoms with E-state index in [0.29, 0.717) is 12.0 Å². The number of rotatable bonds is 5. The summed E-state index contributed by atoms with van der Waals surface area (Å²) in [5.74, 6) is -2.67. The van der Waals surface area contributed by atoms with Crippen LogP contribution in [0.5, 0.6) is 0 Å². The topological polar surface area (TPSA) is 114 Å². The molecule has 1 aliphatic rings. The molecule has 3 rings (SSSR count). The molecule has 0 radical (unpaired) electrons. The molecular formula is C25H24F3N3O3. The van der Waals surface area contributed by atoms with Crippen LogP contribution in [0.4, 0.5) is 13.2 Å². The number of hydrogen-bond donors (Lipinski definition) is 2. The lowest BCUT2D eigenvalue weighted by molar-refractivity contribution is -0.192. The van der Waals surface area contributed by atoms with Crippen molar-refractivity contribution in [2.45, 2.75) is 50.7 Å². The molecule has 2 aromatic carbocycles. The van der Waals surface area contributed by atoms with Crippen LogP contribution in [0, 0.1) is 28.6 Å². The highest BCUT2D eigenvalue weighted by Crippen LogP contribution is 2.24. The maximum Gasteiger partial charge on any atom is 0.490 e. The minimum absolute atomic E-state index is 0.0236. The Labute approximate surface area is 195 Å². The monoisotopic (exact) mass is 471 g/mol. The van der Waals surface area contributed by atoms with Crippen LogP contribution in [0.1, 0.15) is 43.2 Å².